The molecule has 1 N–H and O–H groups in total. The molecule has 7 heteroatoms. The Morgan fingerprint density at radius 2 is 1.39 bits per heavy atom. The number of para-hydroxylation sites is 1. The van der Waals surface area contributed by atoms with Crippen LogP contribution in [0.5, 0.6) is 0 Å². The Hall–Kier alpha value is -4.33. The van der Waals surface area contributed by atoms with Gasteiger partial charge in [-0.05, 0) is 47.9 Å². The molecular formula is C31H27N3O3S. The van der Waals surface area contributed by atoms with E-state index in [1.165, 1.54) is 20.2 Å². The van der Waals surface area contributed by atoms with Gasteiger partial charge in [-0.1, -0.05) is 78.9 Å². The molecule has 0 spiro atoms. The number of fused-ring (bicyclic) bond motifs is 1. The molecule has 0 atom stereocenters. The van der Waals surface area contributed by atoms with Crippen molar-refractivity contribution in [3.63, 3.8) is 0 Å². The lowest BCUT2D eigenvalue weighted by molar-refractivity contribution is 0.102. The Labute approximate surface area is 222 Å². The summed E-state index contributed by atoms with van der Waals surface area (Å²) in [5.74, 6) is -0.340. The third-order valence-corrected chi connectivity index (χ3v) is 8.30. The predicted octanol–water partition coefficient (Wildman–Crippen LogP) is 6.38. The van der Waals surface area contributed by atoms with Crippen LogP contribution in [0.1, 0.15) is 15.9 Å². The molecule has 0 aliphatic rings. The maximum absolute atomic E-state index is 13.6. The highest BCUT2D eigenvalue weighted by molar-refractivity contribution is 7.89. The van der Waals surface area contributed by atoms with Crippen LogP contribution < -0.4 is 5.32 Å². The molecule has 0 saturated heterocycles. The quantitative estimate of drug-likeness (QED) is 0.281. The second kappa shape index (κ2) is 10.2. The van der Waals surface area contributed by atoms with E-state index < -0.39 is 10.0 Å². The van der Waals surface area contributed by atoms with Crippen LogP contribution in [0.3, 0.4) is 0 Å². The highest BCUT2D eigenvalue weighted by Gasteiger charge is 2.20. The maximum atomic E-state index is 13.6. The fraction of sp³-hybridized carbons (Fsp3) is 0.0968. The molecule has 1 aromatic heterocycles. The van der Waals surface area contributed by atoms with Crippen LogP contribution in [0.2, 0.25) is 0 Å². The number of carbonyl (C=O) groups excluding carboxylic acids is 1. The van der Waals surface area contributed by atoms with Crippen molar-refractivity contribution in [2.45, 2.75) is 11.8 Å². The monoisotopic (exact) mass is 521 g/mol. The number of hydrogen-bond donors (Lipinski definition) is 1. The molecule has 5 rings (SSSR count). The number of aromatic nitrogens is 1. The zero-order valence-corrected chi connectivity index (χ0v) is 22.2. The Morgan fingerprint density at radius 1 is 0.763 bits per heavy atom. The molecule has 0 bridgehead atoms. The minimum Gasteiger partial charge on any atom is -0.322 e. The molecule has 1 amide bonds. The Morgan fingerprint density at radius 3 is 2.11 bits per heavy atom. The molecule has 190 valence electrons. The topological polar surface area (TPSA) is 79.4 Å². The van der Waals surface area contributed by atoms with E-state index in [1.807, 2.05) is 73.7 Å². The van der Waals surface area contributed by atoms with Gasteiger partial charge in [-0.2, -0.15) is 0 Å². The van der Waals surface area contributed by atoms with E-state index in [4.69, 9.17) is 4.98 Å². The van der Waals surface area contributed by atoms with E-state index in [-0.39, 0.29) is 10.8 Å². The SMILES string of the molecule is Cc1ccc(S(=O)(=O)N(C)C)cc1NC(=O)c1cc(-c2ccc(-c3ccccc3)cc2)nc2ccccc12. The van der Waals surface area contributed by atoms with Crippen molar-refractivity contribution in [1.29, 1.82) is 0 Å². The fourth-order valence-electron chi connectivity index (χ4n) is 4.27. The van der Waals surface area contributed by atoms with Gasteiger partial charge in [0.1, 0.15) is 0 Å². The number of nitrogens with one attached hydrogen (secondary N) is 1. The number of anilines is 1. The zero-order chi connectivity index (χ0) is 26.9. The standard InChI is InChI=1S/C31H27N3O3S/c1-21-13-18-25(38(36,37)34(2)3)19-29(21)33-31(35)27-20-30(32-28-12-8-7-11-26(27)28)24-16-14-23(15-17-24)22-9-5-4-6-10-22/h4-20H,1-3H3,(H,33,35). The van der Waals surface area contributed by atoms with Crippen molar-refractivity contribution < 1.29 is 13.2 Å². The van der Waals surface area contributed by atoms with Crippen molar-refractivity contribution in [3.05, 3.63) is 114 Å². The van der Waals surface area contributed by atoms with Crippen LogP contribution in [0.15, 0.2) is 108 Å². The van der Waals surface area contributed by atoms with Gasteiger partial charge in [0.15, 0.2) is 0 Å². The Kier molecular flexibility index (Phi) is 6.80. The smallest absolute Gasteiger partial charge is 0.256 e. The van der Waals surface area contributed by atoms with Crippen molar-refractivity contribution in [3.8, 4) is 22.4 Å². The molecule has 5 aromatic rings. The number of nitrogens with zero attached hydrogens (tertiary/aromatic N) is 2. The second-order valence-electron chi connectivity index (χ2n) is 9.23. The average molecular weight is 522 g/mol. The minimum atomic E-state index is -3.65. The van der Waals surface area contributed by atoms with Crippen LogP contribution in [0, 0.1) is 6.92 Å². The first-order valence-corrected chi connectivity index (χ1v) is 13.6. The van der Waals surface area contributed by atoms with Gasteiger partial charge in [0.2, 0.25) is 10.0 Å². The molecule has 38 heavy (non-hydrogen) atoms. The number of sulfonamides is 1. The number of amides is 1. The van der Waals surface area contributed by atoms with Gasteiger partial charge >= 0.3 is 0 Å². The fourth-order valence-corrected chi connectivity index (χ4v) is 5.20. The molecule has 0 aliphatic heterocycles. The van der Waals surface area contributed by atoms with Gasteiger partial charge < -0.3 is 5.32 Å². The first-order chi connectivity index (χ1) is 18.2. The van der Waals surface area contributed by atoms with Crippen molar-refractivity contribution in [1.82, 2.24) is 9.29 Å². The molecule has 0 saturated carbocycles. The molecular weight excluding hydrogens is 494 g/mol. The van der Waals surface area contributed by atoms with E-state index >= 15 is 0 Å². The summed E-state index contributed by atoms with van der Waals surface area (Å²) in [4.78, 5) is 18.5. The number of hydrogen-bond acceptors (Lipinski definition) is 4. The van der Waals surface area contributed by atoms with E-state index in [0.29, 0.717) is 27.8 Å². The summed E-state index contributed by atoms with van der Waals surface area (Å²) < 4.78 is 26.4. The van der Waals surface area contributed by atoms with E-state index in [1.54, 1.807) is 18.2 Å². The summed E-state index contributed by atoms with van der Waals surface area (Å²) in [5, 5.41) is 3.64. The number of benzene rings is 4. The third kappa shape index (κ3) is 4.94. The number of carbonyl (C=O) groups is 1. The van der Waals surface area contributed by atoms with Crippen molar-refractivity contribution in [2.75, 3.05) is 19.4 Å². The average Bonchev–Trinajstić information content (AvgIpc) is 2.94. The number of rotatable bonds is 6. The summed E-state index contributed by atoms with van der Waals surface area (Å²) in [6.07, 6.45) is 0. The van der Waals surface area contributed by atoms with Gasteiger partial charge in [0.05, 0.1) is 21.7 Å². The van der Waals surface area contributed by atoms with E-state index in [9.17, 15) is 13.2 Å². The number of aryl methyl sites for hydroxylation is 1. The Bertz CT molecular complexity index is 1750. The van der Waals surface area contributed by atoms with Crippen LogP contribution in [-0.4, -0.2) is 37.7 Å². The third-order valence-electron chi connectivity index (χ3n) is 6.48. The van der Waals surface area contributed by atoms with Gasteiger partial charge in [0, 0.05) is 30.7 Å². The first kappa shape index (κ1) is 25.3. The van der Waals surface area contributed by atoms with Gasteiger partial charge in [-0.25, -0.2) is 17.7 Å². The molecule has 0 unspecified atom stereocenters. The van der Waals surface area contributed by atoms with Gasteiger partial charge in [-0.15, -0.1) is 0 Å². The molecule has 0 aliphatic carbocycles. The molecule has 0 fully saturated rings. The van der Waals surface area contributed by atoms with E-state index in [0.717, 1.165) is 26.6 Å². The lowest BCUT2D eigenvalue weighted by Gasteiger charge is -2.15. The summed E-state index contributed by atoms with van der Waals surface area (Å²) in [5.41, 5.74) is 6.13. The first-order valence-electron chi connectivity index (χ1n) is 12.1. The van der Waals surface area contributed by atoms with Crippen molar-refractivity contribution >= 4 is 32.5 Å². The molecule has 0 radical (unpaired) electrons. The highest BCUT2D eigenvalue weighted by atomic mass is 32.2. The highest BCUT2D eigenvalue weighted by Crippen LogP contribution is 2.29. The zero-order valence-electron chi connectivity index (χ0n) is 21.3. The van der Waals surface area contributed by atoms with Crippen LogP contribution in [-0.2, 0) is 10.0 Å². The second-order valence-corrected chi connectivity index (χ2v) is 11.4. The van der Waals surface area contributed by atoms with Gasteiger partial charge in [-0.3, -0.25) is 4.79 Å². The lowest BCUT2D eigenvalue weighted by Crippen LogP contribution is -2.22. The molecule has 1 heterocycles. The minimum absolute atomic E-state index is 0.113. The molecule has 4 aromatic carbocycles. The largest absolute Gasteiger partial charge is 0.322 e. The van der Waals surface area contributed by atoms with Crippen LogP contribution in [0.25, 0.3) is 33.3 Å². The van der Waals surface area contributed by atoms with Crippen LogP contribution in [0.4, 0.5) is 5.69 Å². The maximum Gasteiger partial charge on any atom is 0.256 e. The molecule has 6 nitrogen and oxygen atoms in total. The van der Waals surface area contributed by atoms with Crippen molar-refractivity contribution in [2.24, 2.45) is 0 Å². The normalized spacial score (nSPS) is 11.6. The van der Waals surface area contributed by atoms with Gasteiger partial charge in [0.25, 0.3) is 5.91 Å². The summed E-state index contributed by atoms with van der Waals surface area (Å²) in [6.45, 7) is 1.83. The summed E-state index contributed by atoms with van der Waals surface area (Å²) >= 11 is 0. The van der Waals surface area contributed by atoms with Crippen LogP contribution >= 0.6 is 0 Å². The number of pyridine rings is 1. The lowest BCUT2D eigenvalue weighted by atomic mass is 10.0. The Balaban J connectivity index is 1.53. The predicted molar refractivity (Wildman–Crippen MR) is 153 cm³/mol. The summed E-state index contributed by atoms with van der Waals surface area (Å²) in [7, 11) is -0.692. The summed E-state index contributed by atoms with van der Waals surface area (Å²) in [6, 6.07) is 32.2. The van der Waals surface area contributed by atoms with E-state index in [2.05, 4.69) is 17.4 Å².